The van der Waals surface area contributed by atoms with E-state index >= 15 is 0 Å². The largest absolute Gasteiger partial charge is 0.476 e. The Balaban J connectivity index is 0. The molecular formula is H6MgO6P2. The highest BCUT2D eigenvalue weighted by atomic mass is 31.3. The van der Waals surface area contributed by atoms with Crippen LogP contribution in [-0.4, -0.2) is 42.6 Å². The van der Waals surface area contributed by atoms with E-state index in [0.717, 1.165) is 0 Å². The van der Waals surface area contributed by atoms with Crippen LogP contribution in [0.1, 0.15) is 0 Å². The summed E-state index contributed by atoms with van der Waals surface area (Å²) in [6.07, 6.45) is 0. The average molecular weight is 188 g/mol. The minimum atomic E-state index is -4.69. The monoisotopic (exact) mass is 188 g/mol. The van der Waals surface area contributed by atoms with E-state index in [2.05, 4.69) is 4.31 Å². The number of hydrogen-bond donors (Lipinski definition) is 4. The van der Waals surface area contributed by atoms with Crippen molar-refractivity contribution < 1.29 is 28.4 Å². The van der Waals surface area contributed by atoms with E-state index in [1.165, 1.54) is 0 Å². The van der Waals surface area contributed by atoms with Crippen molar-refractivity contribution in [2.24, 2.45) is 0 Å². The van der Waals surface area contributed by atoms with E-state index in [-0.39, 0.29) is 23.1 Å². The third kappa shape index (κ3) is 12.4. The van der Waals surface area contributed by atoms with Gasteiger partial charge in [-0.1, -0.05) is 0 Å². The maximum absolute atomic E-state index is 9.61. The molecule has 0 aromatic rings. The average Bonchev–Trinajstić information content (AvgIpc) is 1.21. The maximum atomic E-state index is 9.61. The van der Waals surface area contributed by atoms with Crippen LogP contribution in [0.2, 0.25) is 0 Å². The van der Waals surface area contributed by atoms with Gasteiger partial charge in [-0.15, -0.1) is 0 Å². The zero-order chi connectivity index (χ0) is 6.78. The van der Waals surface area contributed by atoms with Gasteiger partial charge >= 0.3 is 39.5 Å². The molecule has 0 atom stereocenters. The van der Waals surface area contributed by atoms with Crippen molar-refractivity contribution in [3.8, 4) is 0 Å². The molecule has 0 rings (SSSR count). The van der Waals surface area contributed by atoms with Crippen LogP contribution in [0, 0.1) is 0 Å². The minimum absolute atomic E-state index is 0. The second-order valence-electron chi connectivity index (χ2n) is 0.825. The summed E-state index contributed by atoms with van der Waals surface area (Å²) < 4.78 is 12.9. The molecule has 0 aliphatic rings. The summed E-state index contributed by atoms with van der Waals surface area (Å²) in [5.74, 6) is 0. The highest BCUT2D eigenvalue weighted by Crippen LogP contribution is 2.48. The normalized spacial score (nSPS) is 11.2. The molecule has 0 saturated carbocycles. The molecule has 0 aromatic heterocycles. The molecule has 0 aliphatic carbocycles. The second kappa shape index (κ2) is 4.95. The molecule has 6 nitrogen and oxygen atoms in total. The maximum Gasteiger partial charge on any atom is 0.476 e. The smallest absolute Gasteiger partial charge is 0.328 e. The Bertz CT molecular complexity index is 104. The molecule has 4 N–H and O–H groups in total. The van der Waals surface area contributed by atoms with Gasteiger partial charge in [0.2, 0.25) is 0 Å². The first-order valence-corrected chi connectivity index (χ1v) is 4.04. The van der Waals surface area contributed by atoms with Gasteiger partial charge in [-0.05, 0) is 0 Å². The Labute approximate surface area is 68.2 Å². The highest BCUT2D eigenvalue weighted by molar-refractivity contribution is 7.57. The summed E-state index contributed by atoms with van der Waals surface area (Å²) in [6.45, 7) is 0. The Morgan fingerprint density at radius 3 is 1.67 bits per heavy atom. The van der Waals surface area contributed by atoms with E-state index in [0.29, 0.717) is 0 Å². The lowest BCUT2D eigenvalue weighted by Gasteiger charge is -2.02. The fraction of sp³-hybridized carbons (Fsp3) is 0. The van der Waals surface area contributed by atoms with Crippen LogP contribution in [0.5, 0.6) is 0 Å². The van der Waals surface area contributed by atoms with Crippen LogP contribution >= 0.6 is 16.4 Å². The summed E-state index contributed by atoms with van der Waals surface area (Å²) in [6, 6.07) is 0. The van der Waals surface area contributed by atoms with Gasteiger partial charge in [0.05, 0.1) is 0 Å². The summed E-state index contributed by atoms with van der Waals surface area (Å²) in [4.78, 5) is 31.1. The van der Waals surface area contributed by atoms with Crippen molar-refractivity contribution in [2.75, 3.05) is 0 Å². The van der Waals surface area contributed by atoms with Crippen LogP contribution in [-0.2, 0) is 8.88 Å². The van der Waals surface area contributed by atoms with Crippen molar-refractivity contribution in [3.63, 3.8) is 0 Å². The second-order valence-corrected chi connectivity index (χ2v) is 2.96. The predicted octanol–water partition coefficient (Wildman–Crippen LogP) is -1.61. The van der Waals surface area contributed by atoms with Gasteiger partial charge in [-0.2, -0.15) is 0 Å². The summed E-state index contributed by atoms with van der Waals surface area (Å²) in [5, 5.41) is 0. The first-order valence-electron chi connectivity index (χ1n) is 1.35. The van der Waals surface area contributed by atoms with E-state index < -0.39 is 16.4 Å². The van der Waals surface area contributed by atoms with Crippen LogP contribution in [0.3, 0.4) is 0 Å². The van der Waals surface area contributed by atoms with Gasteiger partial charge in [0.1, 0.15) is 0 Å². The highest BCUT2D eigenvalue weighted by Gasteiger charge is 2.19. The topological polar surface area (TPSA) is 107 Å². The molecule has 0 heterocycles. The zero-order valence-corrected chi connectivity index (χ0v) is 5.29. The molecular weight excluding hydrogens is 182 g/mol. The van der Waals surface area contributed by atoms with Gasteiger partial charge in [0.25, 0.3) is 0 Å². The summed E-state index contributed by atoms with van der Waals surface area (Å²) in [5.41, 5.74) is 0. The van der Waals surface area contributed by atoms with Gasteiger partial charge in [-0.3, -0.25) is 0 Å². The molecule has 0 radical (unpaired) electrons. The fourth-order valence-electron chi connectivity index (χ4n) is 0.0951. The van der Waals surface area contributed by atoms with Gasteiger partial charge in [0, 0.05) is 0 Å². The lowest BCUT2D eigenvalue weighted by Crippen LogP contribution is -1.79. The van der Waals surface area contributed by atoms with Crippen molar-refractivity contribution in [1.82, 2.24) is 0 Å². The SMILES string of the molecule is O=P(O)(O)OP(O)O.[MgH2]. The molecule has 0 fully saturated rings. The van der Waals surface area contributed by atoms with Crippen molar-refractivity contribution >= 4 is 39.5 Å². The van der Waals surface area contributed by atoms with Crippen molar-refractivity contribution in [2.45, 2.75) is 0 Å². The molecule has 0 unspecified atom stereocenters. The van der Waals surface area contributed by atoms with Gasteiger partial charge in [0.15, 0.2) is 0 Å². The third-order valence-electron chi connectivity index (χ3n) is 0.179. The van der Waals surface area contributed by atoms with E-state index in [1.54, 1.807) is 0 Å². The minimum Gasteiger partial charge on any atom is -0.328 e. The van der Waals surface area contributed by atoms with E-state index in [9.17, 15) is 4.57 Å². The lowest BCUT2D eigenvalue weighted by atomic mass is 15.7. The lowest BCUT2D eigenvalue weighted by molar-refractivity contribution is 0.261. The number of hydrogen-bond acceptors (Lipinski definition) is 4. The quantitative estimate of drug-likeness (QED) is 0.307. The van der Waals surface area contributed by atoms with Crippen LogP contribution in [0.25, 0.3) is 0 Å². The van der Waals surface area contributed by atoms with Crippen molar-refractivity contribution in [1.29, 1.82) is 0 Å². The Kier molecular flexibility index (Phi) is 7.08. The predicted molar refractivity (Wildman–Crippen MR) is 33.0 cm³/mol. The Hall–Kier alpha value is 1.23. The van der Waals surface area contributed by atoms with Crippen LogP contribution in [0.4, 0.5) is 0 Å². The molecule has 0 aromatic carbocycles. The van der Waals surface area contributed by atoms with E-state index in [1.807, 2.05) is 0 Å². The number of rotatable bonds is 2. The first-order chi connectivity index (χ1) is 3.42. The molecule has 9 heteroatoms. The summed E-state index contributed by atoms with van der Waals surface area (Å²) >= 11 is 0. The Morgan fingerprint density at radius 1 is 1.33 bits per heavy atom. The zero-order valence-electron chi connectivity index (χ0n) is 3.50. The number of phosphoric acid groups is 1. The summed E-state index contributed by atoms with van der Waals surface area (Å²) in [7, 11) is -7.64. The van der Waals surface area contributed by atoms with Crippen LogP contribution < -0.4 is 0 Å². The molecule has 0 bridgehead atoms. The van der Waals surface area contributed by atoms with Gasteiger partial charge < -0.3 is 19.6 Å². The van der Waals surface area contributed by atoms with E-state index in [4.69, 9.17) is 19.6 Å². The molecule has 0 spiro atoms. The molecule has 9 heavy (non-hydrogen) atoms. The fourth-order valence-corrected chi connectivity index (χ4v) is 0.856. The van der Waals surface area contributed by atoms with Crippen molar-refractivity contribution in [3.05, 3.63) is 0 Å². The third-order valence-corrected chi connectivity index (χ3v) is 1.61. The standard InChI is InChI=1S/Mg.H4O6P2.2H/c;1-7(2)6-8(3,4)5;;/h;1-2H,(H2,3,4,5);;. The molecule has 0 saturated heterocycles. The molecule has 0 amide bonds. The first kappa shape index (κ1) is 12.9. The molecule has 54 valence electrons. The van der Waals surface area contributed by atoms with Gasteiger partial charge in [-0.25, -0.2) is 8.88 Å². The molecule has 0 aliphatic heterocycles. The Morgan fingerprint density at radius 2 is 1.67 bits per heavy atom. The van der Waals surface area contributed by atoms with Crippen LogP contribution in [0.15, 0.2) is 0 Å².